The van der Waals surface area contributed by atoms with Crippen LogP contribution in [0.15, 0.2) is 205 Å². The van der Waals surface area contributed by atoms with Gasteiger partial charge in [0.25, 0.3) is 11.5 Å². The molecule has 12 rings (SSSR count). The average molecular weight is 1430 g/mol. The molecule has 0 amide bonds. The molecule has 12 aromatic rings. The Hall–Kier alpha value is -8.59. The van der Waals surface area contributed by atoms with Crippen LogP contribution in [0.2, 0.25) is 0 Å². The molecule has 0 atom stereocenters. The van der Waals surface area contributed by atoms with Crippen molar-refractivity contribution in [1.29, 1.82) is 0 Å². The fourth-order valence-electron chi connectivity index (χ4n) is 13.4. The number of thiophene rings is 2. The quantitative estimate of drug-likeness (QED) is 0.0465. The molecule has 0 saturated heterocycles. The van der Waals surface area contributed by atoms with Gasteiger partial charge in [-0.05, 0) is 232 Å². The van der Waals surface area contributed by atoms with Gasteiger partial charge in [0.05, 0.1) is 20.9 Å². The molecule has 0 aliphatic heterocycles. The molecule has 0 unspecified atom stereocenters. The second-order valence-electron chi connectivity index (χ2n) is 24.8. The van der Waals surface area contributed by atoms with Gasteiger partial charge in [-0.25, -0.2) is 0 Å². The van der Waals surface area contributed by atoms with Crippen LogP contribution in [0.1, 0.15) is 90.7 Å². The van der Waals surface area contributed by atoms with Crippen LogP contribution in [0.3, 0.4) is 0 Å². The largest absolute Gasteiger partial charge is 0.582 e. The van der Waals surface area contributed by atoms with E-state index in [-0.39, 0.29) is 37.3 Å². The van der Waals surface area contributed by atoms with Gasteiger partial charge < -0.3 is 19.7 Å². The summed E-state index contributed by atoms with van der Waals surface area (Å²) in [4.78, 5) is 1.69. The summed E-state index contributed by atoms with van der Waals surface area (Å²) in [5, 5.41) is 28.6. The molecule has 10 aromatic carbocycles. The van der Waals surface area contributed by atoms with Crippen LogP contribution in [0.25, 0.3) is 87.6 Å². The van der Waals surface area contributed by atoms with Crippen LogP contribution >= 0.6 is 22.7 Å². The molecular formula is C86H86HfO4S2. The molecule has 4 N–H and O–H groups in total. The Labute approximate surface area is 580 Å². The fourth-order valence-corrected chi connectivity index (χ4v) is 15.3. The molecule has 0 radical (unpaired) electrons. The molecule has 0 fully saturated rings. The van der Waals surface area contributed by atoms with E-state index < -0.39 is 0 Å². The smallest absolute Gasteiger partial charge is 0.262 e. The number of para-hydroxylation sites is 2. The first-order valence-electron chi connectivity index (χ1n) is 31.7. The fraction of sp³-hybridized carbons (Fsp3) is 0.186. The minimum atomic E-state index is 0. The Morgan fingerprint density at radius 3 is 0.817 bits per heavy atom. The first-order valence-corrected chi connectivity index (χ1v) is 33.5. The summed E-state index contributed by atoms with van der Waals surface area (Å²) in [6.07, 6.45) is 1.69. The zero-order chi connectivity index (χ0) is 65.3. The zero-order valence-electron chi connectivity index (χ0n) is 56.0. The van der Waals surface area contributed by atoms with Gasteiger partial charge in [0.2, 0.25) is 0 Å². The Balaban J connectivity index is 0.000000602. The first kappa shape index (κ1) is 68.8. The second-order valence-corrected chi connectivity index (χ2v) is 26.6. The van der Waals surface area contributed by atoms with E-state index >= 15 is 0 Å². The third-order valence-electron chi connectivity index (χ3n) is 17.0. The van der Waals surface area contributed by atoms with E-state index in [9.17, 15) is 10.2 Å². The zero-order valence-corrected chi connectivity index (χ0v) is 61.2. The first-order chi connectivity index (χ1) is 44.2. The van der Waals surface area contributed by atoms with Gasteiger partial charge in [0.15, 0.2) is 13.2 Å². The van der Waals surface area contributed by atoms with Gasteiger partial charge in [-0.15, -0.1) is 46.9 Å². The SMILES string of the molecule is Cc1cc(C)c(-c2cc(-c3scc(-c4ccccc4[OH+]CCCC[OH+]c4ccccc4-c4csc(-c5cc(-c6c(C)cc(C)cc6C)cc(-c6c(C)cc(C)cc6C)c5)c4O)c3O)cc(-c3c(C)cc(C)cc3C)c2)c(C)c1.[CH2-]c1ccccc1.[CH2-]c1ccccc1.[Hf]. The minimum absolute atomic E-state index is 0. The van der Waals surface area contributed by atoms with Crippen molar-refractivity contribution in [2.75, 3.05) is 13.2 Å². The normalized spacial score (nSPS) is 10.8. The van der Waals surface area contributed by atoms with Crippen LogP contribution in [0.4, 0.5) is 0 Å². The number of hydrogen-bond donors (Lipinski definition) is 2. The summed E-state index contributed by atoms with van der Waals surface area (Å²) in [5.74, 6) is 2.28. The molecule has 470 valence electrons. The predicted molar refractivity (Wildman–Crippen MR) is 396 cm³/mol. The Morgan fingerprint density at radius 1 is 0.312 bits per heavy atom. The van der Waals surface area contributed by atoms with Crippen LogP contribution in [-0.2, 0) is 25.8 Å². The molecule has 4 nitrogen and oxygen atoms in total. The standard InChI is InChI=1S/C72H70O4S2.2C7H7.Hf/c1-41-25-45(5)65(46(6)26-41)53-33-54(66-47(7)27-42(2)28-48(66)8)36-57(35-53)71-69(73)61(39-77-71)59-19-13-15-21-63(59)75-23-17-18-24-76-64-22-16-14-20-60(64)62-40-78-72(70(62)74)58-37-55(67-49(9)29-43(3)30-50(67)10)34-56(38-58)68-51(11)31-44(4)32-52(68)12;2*1-7-5-3-2-4-6-7;/h13-16,19-22,25-40,73-74H,17-18,23-24H2,1-12H3;2*2-6H,1H2;/q;2*-1;/p+2. The summed E-state index contributed by atoms with van der Waals surface area (Å²) in [5.41, 5.74) is 32.0. The van der Waals surface area contributed by atoms with Crippen molar-refractivity contribution in [1.82, 2.24) is 0 Å². The Morgan fingerprint density at radius 2 is 0.559 bits per heavy atom. The van der Waals surface area contributed by atoms with Crippen molar-refractivity contribution in [3.63, 3.8) is 0 Å². The molecular weight excluding hydrogens is 1340 g/mol. The molecule has 7 heteroatoms. The van der Waals surface area contributed by atoms with Crippen molar-refractivity contribution in [2.24, 2.45) is 0 Å². The van der Waals surface area contributed by atoms with Crippen LogP contribution in [0.5, 0.6) is 23.0 Å². The van der Waals surface area contributed by atoms with Gasteiger partial charge in [-0.3, -0.25) is 0 Å². The Bertz CT molecular complexity index is 4050. The Kier molecular flexibility index (Phi) is 22.8. The topological polar surface area (TPSA) is 66.1 Å². The number of hydrogen-bond acceptors (Lipinski definition) is 4. The van der Waals surface area contributed by atoms with Crippen molar-refractivity contribution in [3.05, 3.63) is 297 Å². The molecule has 0 saturated carbocycles. The molecule has 0 aliphatic rings. The van der Waals surface area contributed by atoms with E-state index in [1.807, 2.05) is 97.1 Å². The molecule has 0 aliphatic carbocycles. The van der Waals surface area contributed by atoms with Gasteiger partial charge in [0.1, 0.15) is 11.5 Å². The van der Waals surface area contributed by atoms with Crippen molar-refractivity contribution >= 4 is 22.7 Å². The maximum Gasteiger partial charge on any atom is 0.262 e. The summed E-state index contributed by atoms with van der Waals surface area (Å²) < 4.78 is 10.2. The molecule has 2 aromatic heterocycles. The number of rotatable bonds is 15. The second kappa shape index (κ2) is 30.9. The third-order valence-corrected chi connectivity index (χ3v) is 19.0. The monoisotopic (exact) mass is 1430 g/mol. The van der Waals surface area contributed by atoms with Crippen LogP contribution < -0.4 is 0 Å². The van der Waals surface area contributed by atoms with E-state index in [1.165, 1.54) is 89.0 Å². The third kappa shape index (κ3) is 16.3. The predicted octanol–water partition coefficient (Wildman–Crippen LogP) is 24.0. The van der Waals surface area contributed by atoms with Gasteiger partial charge in [0, 0.05) is 72.7 Å². The summed E-state index contributed by atoms with van der Waals surface area (Å²) in [7, 11) is 0. The van der Waals surface area contributed by atoms with Gasteiger partial charge in [-0.1, -0.05) is 107 Å². The summed E-state index contributed by atoms with van der Waals surface area (Å²) in [6, 6.07) is 67.8. The number of benzene rings is 10. The van der Waals surface area contributed by atoms with Crippen LogP contribution in [0, 0.1) is 96.9 Å². The number of aryl methyl sites for hydroxylation is 12. The molecule has 93 heavy (non-hydrogen) atoms. The van der Waals surface area contributed by atoms with Crippen molar-refractivity contribution in [3.8, 4) is 111 Å². The minimum Gasteiger partial charge on any atom is -0.582 e. The van der Waals surface area contributed by atoms with E-state index in [1.54, 1.807) is 22.7 Å². The van der Waals surface area contributed by atoms with Gasteiger partial charge >= 0.3 is 0 Å². The maximum atomic E-state index is 12.2. The number of aliphatic hydroxyl groups is 2. The van der Waals surface area contributed by atoms with E-state index in [0.717, 1.165) is 101 Å². The molecule has 0 spiro atoms. The van der Waals surface area contributed by atoms with E-state index in [2.05, 4.69) is 205 Å². The average Bonchev–Trinajstić information content (AvgIpc) is 1.50. The number of unbranched alkanes of at least 4 members (excludes halogenated alkanes) is 1. The number of aromatic hydroxyl groups is 4. The summed E-state index contributed by atoms with van der Waals surface area (Å²) in [6.45, 7) is 34.9. The van der Waals surface area contributed by atoms with E-state index in [4.69, 9.17) is 9.47 Å². The van der Waals surface area contributed by atoms with Crippen LogP contribution in [-0.4, -0.2) is 32.9 Å². The molecule has 2 heterocycles. The molecule has 0 bridgehead atoms. The van der Waals surface area contributed by atoms with Crippen molar-refractivity contribution in [2.45, 2.75) is 95.9 Å². The van der Waals surface area contributed by atoms with E-state index in [0.29, 0.717) is 13.2 Å². The van der Waals surface area contributed by atoms with Gasteiger partial charge in [-0.2, -0.15) is 49.2 Å². The van der Waals surface area contributed by atoms with Crippen molar-refractivity contribution < 1.29 is 45.5 Å². The number of ether oxygens (including phenoxy) is 2. The maximum absolute atomic E-state index is 12.2. The summed E-state index contributed by atoms with van der Waals surface area (Å²) >= 11 is 3.16.